The monoisotopic (exact) mass is 421 g/mol. The van der Waals surface area contributed by atoms with Crippen LogP contribution in [-0.2, 0) is 10.0 Å². The van der Waals surface area contributed by atoms with Crippen LogP contribution in [-0.4, -0.2) is 38.9 Å². The van der Waals surface area contributed by atoms with E-state index in [0.717, 1.165) is 12.1 Å². The first-order chi connectivity index (χ1) is 13.7. The number of nitrogen functional groups attached to an aromatic ring is 1. The quantitative estimate of drug-likeness (QED) is 0.652. The van der Waals surface area contributed by atoms with Crippen molar-refractivity contribution >= 4 is 15.8 Å². The average Bonchev–Trinajstić information content (AvgIpc) is 3.11. The summed E-state index contributed by atoms with van der Waals surface area (Å²) in [4.78, 5) is -0.123. The molecular formula is C19H20FN3O5S. The molecule has 3 rings (SSSR count). The first-order valence-electron chi connectivity index (χ1n) is 8.40. The van der Waals surface area contributed by atoms with E-state index in [0.29, 0.717) is 26.9 Å². The Morgan fingerprint density at radius 3 is 2.14 bits per heavy atom. The van der Waals surface area contributed by atoms with E-state index >= 15 is 0 Å². The zero-order valence-corrected chi connectivity index (χ0v) is 17.1. The number of halogens is 1. The molecule has 10 heteroatoms. The Bertz CT molecular complexity index is 1150. The van der Waals surface area contributed by atoms with Crippen molar-refractivity contribution in [3.05, 3.63) is 47.8 Å². The molecule has 3 aromatic rings. The molecule has 0 radical (unpaired) electrons. The van der Waals surface area contributed by atoms with E-state index in [9.17, 15) is 12.8 Å². The number of aryl methyl sites for hydroxylation is 1. The van der Waals surface area contributed by atoms with E-state index in [1.165, 1.54) is 40.4 Å². The van der Waals surface area contributed by atoms with Crippen LogP contribution in [0.2, 0.25) is 0 Å². The minimum absolute atomic E-state index is 0.101. The lowest BCUT2D eigenvalue weighted by Crippen LogP contribution is -2.17. The molecule has 0 saturated heterocycles. The third-order valence-electron chi connectivity index (χ3n) is 4.32. The minimum Gasteiger partial charge on any atom is -0.493 e. The molecule has 0 aliphatic carbocycles. The van der Waals surface area contributed by atoms with Crippen LogP contribution in [0.3, 0.4) is 0 Å². The zero-order valence-electron chi connectivity index (χ0n) is 16.3. The van der Waals surface area contributed by atoms with Gasteiger partial charge in [0.15, 0.2) is 11.5 Å². The number of aromatic nitrogens is 2. The van der Waals surface area contributed by atoms with Crippen LogP contribution >= 0.6 is 0 Å². The summed E-state index contributed by atoms with van der Waals surface area (Å²) in [6.45, 7) is 1.47. The topological polar surface area (TPSA) is 106 Å². The number of methoxy groups -OCH3 is 3. The summed E-state index contributed by atoms with van der Waals surface area (Å²) < 4.78 is 56.0. The Balaban J connectivity index is 2.13. The second-order valence-corrected chi connectivity index (χ2v) is 7.89. The van der Waals surface area contributed by atoms with Gasteiger partial charge in [0.2, 0.25) is 5.75 Å². The molecule has 0 unspecified atom stereocenters. The predicted molar refractivity (Wildman–Crippen MR) is 105 cm³/mol. The van der Waals surface area contributed by atoms with Crippen LogP contribution in [0.1, 0.15) is 5.56 Å². The van der Waals surface area contributed by atoms with Crippen molar-refractivity contribution in [3.8, 4) is 28.5 Å². The normalized spacial score (nSPS) is 11.3. The van der Waals surface area contributed by atoms with Gasteiger partial charge in [-0.25, -0.2) is 4.39 Å². The van der Waals surface area contributed by atoms with E-state index in [1.807, 2.05) is 0 Å². The Morgan fingerprint density at radius 2 is 1.62 bits per heavy atom. The molecule has 1 aromatic heterocycles. The highest BCUT2D eigenvalue weighted by Crippen LogP contribution is 2.41. The molecule has 0 spiro atoms. The van der Waals surface area contributed by atoms with Crippen molar-refractivity contribution in [1.29, 1.82) is 0 Å². The predicted octanol–water partition coefficient (Wildman–Crippen LogP) is 2.84. The summed E-state index contributed by atoms with van der Waals surface area (Å²) in [5.74, 6) is 0.547. The summed E-state index contributed by atoms with van der Waals surface area (Å²) in [5.41, 5.74) is 6.91. The van der Waals surface area contributed by atoms with Crippen molar-refractivity contribution in [2.75, 3.05) is 27.1 Å². The molecule has 2 N–H and O–H groups in total. The van der Waals surface area contributed by atoms with Crippen LogP contribution in [0, 0.1) is 12.7 Å². The maximum Gasteiger partial charge on any atom is 0.284 e. The second-order valence-electron chi connectivity index (χ2n) is 6.13. The molecule has 0 fully saturated rings. The van der Waals surface area contributed by atoms with Crippen molar-refractivity contribution < 1.29 is 27.0 Å². The molecule has 29 heavy (non-hydrogen) atoms. The third kappa shape index (κ3) is 3.58. The summed E-state index contributed by atoms with van der Waals surface area (Å²) in [7, 11) is 0.298. The standard InChI is InChI=1S/C19H20FN3O5S/c1-11-7-13(5-6-14(11)20)29(24,25)23-18(21)10-15(22-23)12-8-16(26-2)19(28-4)17(9-12)27-3/h5-10H,21H2,1-4H3. The van der Waals surface area contributed by atoms with Crippen molar-refractivity contribution in [3.63, 3.8) is 0 Å². The highest BCUT2D eigenvalue weighted by Gasteiger charge is 2.24. The van der Waals surface area contributed by atoms with Crippen molar-refractivity contribution in [1.82, 2.24) is 9.19 Å². The Morgan fingerprint density at radius 1 is 1.00 bits per heavy atom. The number of benzene rings is 2. The number of nitrogens with two attached hydrogens (primary N) is 1. The summed E-state index contributed by atoms with van der Waals surface area (Å²) >= 11 is 0. The highest BCUT2D eigenvalue weighted by atomic mass is 32.2. The number of hydrogen-bond donors (Lipinski definition) is 1. The van der Waals surface area contributed by atoms with E-state index < -0.39 is 15.8 Å². The lowest BCUT2D eigenvalue weighted by molar-refractivity contribution is 0.324. The van der Waals surface area contributed by atoms with Gasteiger partial charge in [-0.05, 0) is 42.8 Å². The molecule has 0 aliphatic rings. The van der Waals surface area contributed by atoms with Gasteiger partial charge in [-0.15, -0.1) is 4.09 Å². The van der Waals surface area contributed by atoms with E-state index in [4.69, 9.17) is 19.9 Å². The van der Waals surface area contributed by atoms with Gasteiger partial charge in [0.05, 0.1) is 31.9 Å². The van der Waals surface area contributed by atoms with Crippen molar-refractivity contribution in [2.24, 2.45) is 0 Å². The van der Waals surface area contributed by atoms with Gasteiger partial charge in [-0.2, -0.15) is 13.5 Å². The number of ether oxygens (including phenoxy) is 3. The third-order valence-corrected chi connectivity index (χ3v) is 5.92. The highest BCUT2D eigenvalue weighted by molar-refractivity contribution is 7.90. The van der Waals surface area contributed by atoms with Crippen LogP contribution in [0.15, 0.2) is 41.3 Å². The van der Waals surface area contributed by atoms with E-state index in [2.05, 4.69) is 5.10 Å². The van der Waals surface area contributed by atoms with Crippen LogP contribution in [0.25, 0.3) is 11.3 Å². The fraction of sp³-hybridized carbons (Fsp3) is 0.211. The van der Waals surface area contributed by atoms with Gasteiger partial charge in [0.25, 0.3) is 10.0 Å². The van der Waals surface area contributed by atoms with E-state index in [1.54, 1.807) is 12.1 Å². The second kappa shape index (κ2) is 7.63. The van der Waals surface area contributed by atoms with Gasteiger partial charge >= 0.3 is 0 Å². The molecular weight excluding hydrogens is 401 g/mol. The average molecular weight is 421 g/mol. The first-order valence-corrected chi connectivity index (χ1v) is 9.84. The minimum atomic E-state index is -4.11. The molecule has 8 nitrogen and oxygen atoms in total. The lowest BCUT2D eigenvalue weighted by atomic mass is 10.1. The summed E-state index contributed by atoms with van der Waals surface area (Å²) in [5, 5.41) is 4.14. The van der Waals surface area contributed by atoms with Gasteiger partial charge in [0, 0.05) is 11.6 Å². The van der Waals surface area contributed by atoms with Crippen LogP contribution in [0.5, 0.6) is 17.2 Å². The molecule has 1 heterocycles. The maximum absolute atomic E-state index is 13.5. The number of rotatable bonds is 6. The molecule has 0 bridgehead atoms. The molecule has 0 aliphatic heterocycles. The first kappa shape index (κ1) is 20.5. The summed E-state index contributed by atoms with van der Waals surface area (Å²) in [6, 6.07) is 8.14. The fourth-order valence-corrected chi connectivity index (χ4v) is 4.11. The zero-order chi connectivity index (χ0) is 21.3. The Kier molecular flexibility index (Phi) is 5.38. The Labute approximate surface area is 167 Å². The molecule has 0 saturated carbocycles. The van der Waals surface area contributed by atoms with Crippen LogP contribution in [0.4, 0.5) is 10.2 Å². The Hall–Kier alpha value is -3.27. The molecule has 0 amide bonds. The van der Waals surface area contributed by atoms with Crippen molar-refractivity contribution in [2.45, 2.75) is 11.8 Å². The maximum atomic E-state index is 13.5. The number of nitrogens with zero attached hydrogens (tertiary/aromatic N) is 2. The van der Waals surface area contributed by atoms with Gasteiger partial charge in [0.1, 0.15) is 11.6 Å². The number of anilines is 1. The molecule has 0 atom stereocenters. The molecule has 154 valence electrons. The molecule has 2 aromatic carbocycles. The lowest BCUT2D eigenvalue weighted by Gasteiger charge is -2.13. The fourth-order valence-electron chi connectivity index (χ4n) is 2.82. The summed E-state index contributed by atoms with van der Waals surface area (Å²) in [6.07, 6.45) is 0. The van der Waals surface area contributed by atoms with Gasteiger partial charge in [-0.3, -0.25) is 0 Å². The smallest absolute Gasteiger partial charge is 0.284 e. The van der Waals surface area contributed by atoms with Gasteiger partial charge < -0.3 is 19.9 Å². The largest absolute Gasteiger partial charge is 0.493 e. The number of hydrogen-bond acceptors (Lipinski definition) is 7. The SMILES string of the molecule is COc1cc(-c2cc(N)n(S(=O)(=O)c3ccc(F)c(C)c3)n2)cc(OC)c1OC. The van der Waals surface area contributed by atoms with Crippen LogP contribution < -0.4 is 19.9 Å². The van der Waals surface area contributed by atoms with Gasteiger partial charge in [-0.1, -0.05) is 0 Å². The van der Waals surface area contributed by atoms with E-state index in [-0.39, 0.29) is 22.0 Å².